The van der Waals surface area contributed by atoms with Crippen molar-refractivity contribution in [2.75, 3.05) is 19.6 Å². The SMILES string of the molecule is c1ccc(N(c2ccccc2)c2ccc3c(c2)c2cc(N(c4ccccc4)c4ccccc4)ccc2n3-c2ccc3c(c2)sc2cc(-n4c5ccc(N(c6ccccc6)c6ccccc6)cc5c5cc(N(c6ccccc6)c6ccccc6)ccc54)ccc23)cc1. The van der Waals surface area contributed by atoms with Gasteiger partial charge in [-0.3, -0.25) is 0 Å². The van der Waals surface area contributed by atoms with E-state index in [0.717, 1.165) is 102 Å². The number of fused-ring (bicyclic) bond motifs is 9. The van der Waals surface area contributed by atoms with Gasteiger partial charge in [0.25, 0.3) is 0 Å². The van der Waals surface area contributed by atoms with Gasteiger partial charge in [0.1, 0.15) is 0 Å². The van der Waals surface area contributed by atoms with Crippen molar-refractivity contribution >= 4 is 143 Å². The molecule has 6 nitrogen and oxygen atoms in total. The number of nitrogens with zero attached hydrogens (tertiary/aromatic N) is 6. The molecule has 0 aliphatic rings. The molecule has 0 fully saturated rings. The van der Waals surface area contributed by atoms with Gasteiger partial charge < -0.3 is 28.7 Å². The Morgan fingerprint density at radius 3 is 0.593 bits per heavy atom. The van der Waals surface area contributed by atoms with Crippen LogP contribution in [0.1, 0.15) is 0 Å². The van der Waals surface area contributed by atoms with Crippen LogP contribution < -0.4 is 19.6 Å². The lowest BCUT2D eigenvalue weighted by Gasteiger charge is -2.26. The molecule has 0 radical (unpaired) electrons. The third-order valence-electron chi connectivity index (χ3n) is 17.6. The molecule has 0 saturated heterocycles. The molecular formula is C84H58N6S. The van der Waals surface area contributed by atoms with Crippen molar-refractivity contribution in [3.05, 3.63) is 352 Å². The van der Waals surface area contributed by atoms with E-state index in [4.69, 9.17) is 0 Å². The Morgan fingerprint density at radius 2 is 0.385 bits per heavy atom. The molecule has 0 saturated carbocycles. The Kier molecular flexibility index (Phi) is 13.3. The lowest BCUT2D eigenvalue weighted by atomic mass is 10.1. The van der Waals surface area contributed by atoms with Gasteiger partial charge in [-0.25, -0.2) is 0 Å². The van der Waals surface area contributed by atoms with Crippen molar-refractivity contribution in [3.8, 4) is 11.4 Å². The fourth-order valence-corrected chi connectivity index (χ4v) is 14.7. The van der Waals surface area contributed by atoms with Crippen molar-refractivity contribution in [1.29, 1.82) is 0 Å². The molecule has 14 aromatic carbocycles. The number of para-hydroxylation sites is 8. The minimum atomic E-state index is 1.08. The van der Waals surface area contributed by atoms with E-state index in [0.29, 0.717) is 0 Å². The normalized spacial score (nSPS) is 11.5. The van der Waals surface area contributed by atoms with Gasteiger partial charge in [-0.05, 0) is 194 Å². The van der Waals surface area contributed by atoms with Gasteiger partial charge in [0.2, 0.25) is 0 Å². The summed E-state index contributed by atoms with van der Waals surface area (Å²) in [5.74, 6) is 0. The summed E-state index contributed by atoms with van der Waals surface area (Å²) >= 11 is 1.86. The van der Waals surface area contributed by atoms with Gasteiger partial charge in [-0.2, -0.15) is 0 Å². The Labute approximate surface area is 532 Å². The maximum Gasteiger partial charge on any atom is 0.0542 e. The number of benzene rings is 14. The van der Waals surface area contributed by atoms with Gasteiger partial charge in [-0.15, -0.1) is 11.3 Å². The summed E-state index contributed by atoms with van der Waals surface area (Å²) in [5, 5.41) is 7.14. The fraction of sp³-hybridized carbons (Fsp3) is 0. The van der Waals surface area contributed by atoms with Crippen molar-refractivity contribution in [3.63, 3.8) is 0 Å². The molecule has 17 rings (SSSR count). The van der Waals surface area contributed by atoms with Crippen molar-refractivity contribution < 1.29 is 0 Å². The molecule has 0 atom stereocenters. The minimum Gasteiger partial charge on any atom is -0.310 e. The number of thiophene rings is 1. The molecule has 0 unspecified atom stereocenters. The van der Waals surface area contributed by atoms with E-state index < -0.39 is 0 Å². The number of hydrogen-bond donors (Lipinski definition) is 0. The Bertz CT molecular complexity index is 4680. The zero-order valence-corrected chi connectivity index (χ0v) is 50.4. The van der Waals surface area contributed by atoms with Gasteiger partial charge in [0.05, 0.1) is 22.1 Å². The summed E-state index contributed by atoms with van der Waals surface area (Å²) in [6.07, 6.45) is 0. The predicted octanol–water partition coefficient (Wildman–Crippen LogP) is 24.1. The molecule has 430 valence electrons. The van der Waals surface area contributed by atoms with E-state index in [2.05, 4.69) is 381 Å². The summed E-state index contributed by atoms with van der Waals surface area (Å²) in [7, 11) is 0. The van der Waals surface area contributed by atoms with Crippen LogP contribution in [0.3, 0.4) is 0 Å². The van der Waals surface area contributed by atoms with Crippen LogP contribution in [0.15, 0.2) is 352 Å². The first-order valence-corrected chi connectivity index (χ1v) is 31.7. The fourth-order valence-electron chi connectivity index (χ4n) is 13.5. The molecule has 0 bridgehead atoms. The van der Waals surface area contributed by atoms with Crippen LogP contribution >= 0.6 is 11.3 Å². The second kappa shape index (κ2) is 22.7. The van der Waals surface area contributed by atoms with E-state index in [1.807, 2.05) is 11.3 Å². The van der Waals surface area contributed by atoms with Gasteiger partial charge in [0, 0.05) is 121 Å². The van der Waals surface area contributed by atoms with Crippen molar-refractivity contribution in [2.45, 2.75) is 0 Å². The highest BCUT2D eigenvalue weighted by molar-refractivity contribution is 7.25. The van der Waals surface area contributed by atoms with E-state index >= 15 is 0 Å². The van der Waals surface area contributed by atoms with E-state index in [1.54, 1.807) is 0 Å². The third kappa shape index (κ3) is 9.51. The summed E-state index contributed by atoms with van der Waals surface area (Å²) < 4.78 is 7.39. The van der Waals surface area contributed by atoms with Gasteiger partial charge >= 0.3 is 0 Å². The first-order chi connectivity index (χ1) is 45.1. The molecular weight excluding hydrogens is 1130 g/mol. The van der Waals surface area contributed by atoms with Crippen LogP contribution in [-0.2, 0) is 0 Å². The molecule has 0 aliphatic carbocycles. The van der Waals surface area contributed by atoms with Crippen LogP contribution in [0, 0.1) is 0 Å². The third-order valence-corrected chi connectivity index (χ3v) is 18.7. The topological polar surface area (TPSA) is 22.8 Å². The quantitative estimate of drug-likeness (QED) is 0.108. The molecule has 0 N–H and O–H groups in total. The first-order valence-electron chi connectivity index (χ1n) is 30.9. The summed E-state index contributed by atoms with van der Waals surface area (Å²) in [4.78, 5) is 9.42. The van der Waals surface area contributed by atoms with Gasteiger partial charge in [0.15, 0.2) is 0 Å². The Morgan fingerprint density at radius 1 is 0.176 bits per heavy atom. The predicted molar refractivity (Wildman–Crippen MR) is 387 cm³/mol. The largest absolute Gasteiger partial charge is 0.310 e. The number of hydrogen-bond acceptors (Lipinski definition) is 5. The Hall–Kier alpha value is -11.9. The van der Waals surface area contributed by atoms with Crippen LogP contribution in [0.25, 0.3) is 75.2 Å². The smallest absolute Gasteiger partial charge is 0.0542 e. The second-order valence-electron chi connectivity index (χ2n) is 23.0. The average Bonchev–Trinajstić information content (AvgIpc) is 1.65. The lowest BCUT2D eigenvalue weighted by molar-refractivity contribution is 1.18. The number of anilines is 12. The molecule has 0 amide bonds. The van der Waals surface area contributed by atoms with Crippen LogP contribution in [0.2, 0.25) is 0 Å². The van der Waals surface area contributed by atoms with E-state index in [1.165, 1.54) is 41.7 Å². The monoisotopic (exact) mass is 1180 g/mol. The zero-order valence-electron chi connectivity index (χ0n) is 49.6. The second-order valence-corrected chi connectivity index (χ2v) is 24.0. The molecule has 3 aromatic heterocycles. The highest BCUT2D eigenvalue weighted by atomic mass is 32.1. The van der Waals surface area contributed by atoms with Crippen molar-refractivity contribution in [2.24, 2.45) is 0 Å². The molecule has 91 heavy (non-hydrogen) atoms. The minimum absolute atomic E-state index is 1.08. The van der Waals surface area contributed by atoms with Crippen LogP contribution in [-0.4, -0.2) is 9.13 Å². The molecule has 0 spiro atoms. The number of rotatable bonds is 14. The Balaban J connectivity index is 0.830. The summed E-state index contributed by atoms with van der Waals surface area (Å²) in [5.41, 5.74) is 19.9. The first kappa shape index (κ1) is 53.3. The maximum atomic E-state index is 2.46. The zero-order chi connectivity index (χ0) is 60.2. The van der Waals surface area contributed by atoms with Crippen LogP contribution in [0.4, 0.5) is 68.2 Å². The van der Waals surface area contributed by atoms with Crippen LogP contribution in [0.5, 0.6) is 0 Å². The highest BCUT2D eigenvalue weighted by Gasteiger charge is 2.24. The van der Waals surface area contributed by atoms with E-state index in [-0.39, 0.29) is 0 Å². The summed E-state index contributed by atoms with van der Waals surface area (Å²) in [6, 6.07) is 127. The number of aromatic nitrogens is 2. The molecule has 7 heteroatoms. The van der Waals surface area contributed by atoms with Crippen molar-refractivity contribution in [1.82, 2.24) is 9.13 Å². The molecule has 17 aromatic rings. The standard InChI is InChI=1S/C84H58N6S/c1-9-25-59(26-10-1)85(60-27-11-2-12-28-60)67-43-49-79-75(53-67)76-54-68(86(61-29-13-3-14-30-61)62-31-15-4-16-32-62)44-50-80(76)89(79)71-41-47-73-74-48-42-72(58-84(74)91-83(73)57-71)90-81-51-45-69(87(63-33-17-5-18-34-63)64-35-19-6-20-36-64)55-77(81)78-56-70(46-52-82(78)90)88(65-37-21-7-22-38-65)66-39-23-8-24-40-66/h1-58H. The molecule has 3 heterocycles. The average molecular weight is 1180 g/mol. The lowest BCUT2D eigenvalue weighted by Crippen LogP contribution is -2.09. The van der Waals surface area contributed by atoms with Gasteiger partial charge in [-0.1, -0.05) is 158 Å². The molecule has 0 aliphatic heterocycles. The highest BCUT2D eigenvalue weighted by Crippen LogP contribution is 2.47. The van der Waals surface area contributed by atoms with E-state index in [9.17, 15) is 0 Å². The summed E-state index contributed by atoms with van der Waals surface area (Å²) in [6.45, 7) is 0. The maximum absolute atomic E-state index is 2.46.